The van der Waals surface area contributed by atoms with Crippen molar-refractivity contribution in [3.8, 4) is 0 Å². The van der Waals surface area contributed by atoms with E-state index in [0.717, 1.165) is 25.8 Å². The molecule has 0 unspecified atom stereocenters. The van der Waals surface area contributed by atoms with Gasteiger partial charge >= 0.3 is 0 Å². The molecule has 0 aromatic carbocycles. The summed E-state index contributed by atoms with van der Waals surface area (Å²) in [6.07, 6.45) is 6.82. The van der Waals surface area contributed by atoms with Gasteiger partial charge in [-0.05, 0) is 37.9 Å². The lowest BCUT2D eigenvalue weighted by atomic mass is 9.97. The molecule has 0 aromatic heterocycles. The summed E-state index contributed by atoms with van der Waals surface area (Å²) in [4.78, 5) is 14.9. The third kappa shape index (κ3) is 1.99. The smallest absolute Gasteiger partial charge is 0.239 e. The summed E-state index contributed by atoms with van der Waals surface area (Å²) >= 11 is 1.93. The third-order valence-electron chi connectivity index (χ3n) is 4.08. The molecule has 1 amide bonds. The molecule has 0 radical (unpaired) electrons. The predicted octanol–water partition coefficient (Wildman–Crippen LogP) is 3.06. The van der Waals surface area contributed by atoms with Crippen LogP contribution < -0.4 is 0 Å². The van der Waals surface area contributed by atoms with Crippen molar-refractivity contribution in [2.75, 3.05) is 12.3 Å². The Morgan fingerprint density at radius 3 is 2.94 bits per heavy atom. The van der Waals surface area contributed by atoms with Gasteiger partial charge in [0.15, 0.2) is 0 Å². The van der Waals surface area contributed by atoms with Crippen molar-refractivity contribution in [1.82, 2.24) is 4.90 Å². The fourth-order valence-corrected chi connectivity index (χ4v) is 4.70. The van der Waals surface area contributed by atoms with Gasteiger partial charge in [0.25, 0.3) is 0 Å². The van der Waals surface area contributed by atoms with Crippen molar-refractivity contribution in [3.63, 3.8) is 0 Å². The summed E-state index contributed by atoms with van der Waals surface area (Å²) in [6.45, 7) is 5.38. The second kappa shape index (κ2) is 4.99. The van der Waals surface area contributed by atoms with Crippen LogP contribution in [0, 0.1) is 0 Å². The summed E-state index contributed by atoms with van der Waals surface area (Å²) in [7, 11) is 0. The van der Waals surface area contributed by atoms with Crippen LogP contribution in [0.15, 0.2) is 0 Å². The first kappa shape index (κ1) is 12.3. The lowest BCUT2D eigenvalue weighted by Gasteiger charge is -2.33. The van der Waals surface area contributed by atoms with E-state index in [2.05, 4.69) is 18.7 Å². The van der Waals surface area contributed by atoms with Crippen molar-refractivity contribution in [2.24, 2.45) is 0 Å². The molecule has 92 valence electrons. The van der Waals surface area contributed by atoms with Gasteiger partial charge in [0, 0.05) is 12.6 Å². The summed E-state index contributed by atoms with van der Waals surface area (Å²) in [5.41, 5.74) is 0. The Bertz CT molecular complexity index is 269. The fourth-order valence-electron chi connectivity index (χ4n) is 3.13. The minimum Gasteiger partial charge on any atom is -0.338 e. The summed E-state index contributed by atoms with van der Waals surface area (Å²) < 4.78 is -0.0894. The maximum atomic E-state index is 12.7. The Hall–Kier alpha value is -0.180. The number of thioether (sulfide) groups is 1. The third-order valence-corrected chi connectivity index (χ3v) is 5.74. The monoisotopic (exact) mass is 241 g/mol. The molecule has 2 aliphatic rings. The molecule has 2 fully saturated rings. The Morgan fingerprint density at radius 2 is 2.25 bits per heavy atom. The minimum absolute atomic E-state index is 0.0894. The number of hydrogen-bond acceptors (Lipinski definition) is 2. The minimum atomic E-state index is -0.0894. The fraction of sp³-hybridized carbons (Fsp3) is 0.923. The molecule has 2 saturated heterocycles. The van der Waals surface area contributed by atoms with Gasteiger partial charge in [-0.1, -0.05) is 20.3 Å². The molecule has 2 atom stereocenters. The zero-order valence-corrected chi connectivity index (χ0v) is 11.3. The number of fused-ring (bicyclic) bond motifs is 1. The largest absolute Gasteiger partial charge is 0.338 e. The summed E-state index contributed by atoms with van der Waals surface area (Å²) in [5, 5.41) is 0. The zero-order chi connectivity index (χ0) is 11.6. The van der Waals surface area contributed by atoms with E-state index in [1.165, 1.54) is 25.0 Å². The Morgan fingerprint density at radius 1 is 1.44 bits per heavy atom. The van der Waals surface area contributed by atoms with Crippen molar-refractivity contribution in [1.29, 1.82) is 0 Å². The van der Waals surface area contributed by atoms with Crippen LogP contribution in [0.3, 0.4) is 0 Å². The average molecular weight is 241 g/mol. The van der Waals surface area contributed by atoms with E-state index in [1.807, 2.05) is 11.8 Å². The number of hydrogen-bond donors (Lipinski definition) is 0. The molecule has 2 rings (SSSR count). The van der Waals surface area contributed by atoms with E-state index in [9.17, 15) is 4.79 Å². The van der Waals surface area contributed by atoms with E-state index in [-0.39, 0.29) is 4.75 Å². The van der Waals surface area contributed by atoms with Crippen LogP contribution in [0.4, 0.5) is 0 Å². The molecule has 2 aliphatic heterocycles. The molecule has 0 aliphatic carbocycles. The van der Waals surface area contributed by atoms with E-state index in [1.54, 1.807) is 0 Å². The average Bonchev–Trinajstić information content (AvgIpc) is 2.70. The first-order valence-corrected chi connectivity index (χ1v) is 7.67. The summed E-state index contributed by atoms with van der Waals surface area (Å²) in [6, 6.07) is 0.560. The first-order valence-electron chi connectivity index (χ1n) is 6.68. The molecule has 0 saturated carbocycles. The van der Waals surface area contributed by atoms with Crippen LogP contribution in [0.25, 0.3) is 0 Å². The van der Waals surface area contributed by atoms with Gasteiger partial charge in [-0.2, -0.15) is 0 Å². The lowest BCUT2D eigenvalue weighted by molar-refractivity contribution is -0.134. The molecule has 3 heteroatoms. The Kier molecular flexibility index (Phi) is 3.83. The Balaban J connectivity index is 2.21. The molecule has 0 bridgehead atoms. The van der Waals surface area contributed by atoms with Crippen LogP contribution in [-0.4, -0.2) is 33.9 Å². The van der Waals surface area contributed by atoms with Gasteiger partial charge in [0.05, 0.1) is 4.75 Å². The van der Waals surface area contributed by atoms with Gasteiger partial charge in [-0.15, -0.1) is 11.8 Å². The van der Waals surface area contributed by atoms with Gasteiger partial charge in [-0.3, -0.25) is 4.79 Å². The van der Waals surface area contributed by atoms with Crippen LogP contribution in [0.2, 0.25) is 0 Å². The number of nitrogens with zero attached hydrogens (tertiary/aromatic N) is 1. The van der Waals surface area contributed by atoms with Crippen molar-refractivity contribution in [3.05, 3.63) is 0 Å². The van der Waals surface area contributed by atoms with Crippen molar-refractivity contribution < 1.29 is 4.79 Å². The molecule has 0 spiro atoms. The second-order valence-corrected chi connectivity index (χ2v) is 6.51. The molecule has 2 nitrogen and oxygen atoms in total. The highest BCUT2D eigenvalue weighted by atomic mass is 32.2. The van der Waals surface area contributed by atoms with Crippen LogP contribution >= 0.6 is 11.8 Å². The van der Waals surface area contributed by atoms with Gasteiger partial charge in [0.2, 0.25) is 5.91 Å². The topological polar surface area (TPSA) is 20.3 Å². The predicted molar refractivity (Wildman–Crippen MR) is 69.7 cm³/mol. The van der Waals surface area contributed by atoms with E-state index in [0.29, 0.717) is 11.9 Å². The van der Waals surface area contributed by atoms with Crippen LogP contribution in [-0.2, 0) is 4.79 Å². The second-order valence-electron chi connectivity index (χ2n) is 5.03. The standard InChI is InChI=1S/C13H23NOS/c1-3-8-13(4-2)12(15)14-9-5-6-11(14)7-10-16-13/h11H,3-10H2,1-2H3/t11-,13-/m0/s1. The lowest BCUT2D eigenvalue weighted by Crippen LogP contribution is -2.46. The molecule has 2 heterocycles. The van der Waals surface area contributed by atoms with E-state index >= 15 is 0 Å². The molecule has 0 aromatic rings. The van der Waals surface area contributed by atoms with Gasteiger partial charge in [-0.25, -0.2) is 0 Å². The normalized spacial score (nSPS) is 35.0. The molecular weight excluding hydrogens is 218 g/mol. The molecular formula is C13H23NOS. The maximum absolute atomic E-state index is 12.7. The van der Waals surface area contributed by atoms with Gasteiger partial charge < -0.3 is 4.90 Å². The summed E-state index contributed by atoms with van der Waals surface area (Å²) in [5.74, 6) is 1.61. The quantitative estimate of drug-likeness (QED) is 0.757. The number of carbonyl (C=O) groups is 1. The Labute approximate surface area is 103 Å². The van der Waals surface area contributed by atoms with Crippen molar-refractivity contribution >= 4 is 17.7 Å². The maximum Gasteiger partial charge on any atom is 0.239 e. The van der Waals surface area contributed by atoms with Gasteiger partial charge in [0.1, 0.15) is 0 Å². The number of rotatable bonds is 3. The molecule has 16 heavy (non-hydrogen) atoms. The SMILES string of the molecule is CCC[C@]1(CC)SCC[C@@H]2CCCN2C1=O. The number of carbonyl (C=O) groups excluding carboxylic acids is 1. The highest BCUT2D eigenvalue weighted by molar-refractivity contribution is 8.01. The highest BCUT2D eigenvalue weighted by Crippen LogP contribution is 2.41. The van der Waals surface area contributed by atoms with Crippen LogP contribution in [0.1, 0.15) is 52.4 Å². The van der Waals surface area contributed by atoms with E-state index in [4.69, 9.17) is 0 Å². The van der Waals surface area contributed by atoms with Crippen LogP contribution in [0.5, 0.6) is 0 Å². The van der Waals surface area contributed by atoms with Crippen molar-refractivity contribution in [2.45, 2.75) is 63.2 Å². The van der Waals surface area contributed by atoms with E-state index < -0.39 is 0 Å². The first-order chi connectivity index (χ1) is 7.73. The number of amides is 1. The molecule has 0 N–H and O–H groups in total. The zero-order valence-electron chi connectivity index (χ0n) is 10.5. The highest BCUT2D eigenvalue weighted by Gasteiger charge is 2.44.